The van der Waals surface area contributed by atoms with Crippen LogP contribution in [0.5, 0.6) is 0 Å². The third-order valence-corrected chi connectivity index (χ3v) is 2.72. The van der Waals surface area contributed by atoms with E-state index in [0.29, 0.717) is 12.0 Å². The molecule has 2 N–H and O–H groups in total. The van der Waals surface area contributed by atoms with Gasteiger partial charge in [-0.15, -0.1) is 0 Å². The van der Waals surface area contributed by atoms with Crippen LogP contribution in [-0.2, 0) is 9.59 Å². The van der Waals surface area contributed by atoms with E-state index >= 15 is 0 Å². The number of allylic oxidation sites excluding steroid dienone is 4. The van der Waals surface area contributed by atoms with E-state index in [-0.39, 0.29) is 16.9 Å². The van der Waals surface area contributed by atoms with Gasteiger partial charge in [-0.2, -0.15) is 0 Å². The molecule has 0 saturated carbocycles. The summed E-state index contributed by atoms with van der Waals surface area (Å²) < 4.78 is 0. The molecular weight excluding hydrogens is 220 g/mol. The monoisotopic (exact) mass is 236 g/mol. The Morgan fingerprint density at radius 2 is 1.76 bits per heavy atom. The smallest absolute Gasteiger partial charge is 0.235 e. The maximum absolute atomic E-state index is 11.6. The van der Waals surface area contributed by atoms with Crippen molar-refractivity contribution in [3.05, 3.63) is 34.1 Å². The SMILES string of the molecule is CC(C)=CCC1=C(C)C(=O)C(=O)C(CO)=C1O. The van der Waals surface area contributed by atoms with Gasteiger partial charge >= 0.3 is 0 Å². The van der Waals surface area contributed by atoms with E-state index in [4.69, 9.17) is 5.11 Å². The minimum absolute atomic E-state index is 0.210. The lowest BCUT2D eigenvalue weighted by atomic mass is 9.88. The summed E-state index contributed by atoms with van der Waals surface area (Å²) >= 11 is 0. The number of carbonyl (C=O) groups is 2. The Kier molecular flexibility index (Phi) is 4.02. The van der Waals surface area contributed by atoms with Gasteiger partial charge in [0, 0.05) is 11.1 Å². The summed E-state index contributed by atoms with van der Waals surface area (Å²) in [4.78, 5) is 23.1. The quantitative estimate of drug-likeness (QED) is 0.443. The highest BCUT2D eigenvalue weighted by molar-refractivity contribution is 6.50. The Hall–Kier alpha value is -1.68. The zero-order valence-corrected chi connectivity index (χ0v) is 10.2. The second-order valence-electron chi connectivity index (χ2n) is 4.23. The summed E-state index contributed by atoms with van der Waals surface area (Å²) in [6.45, 7) is 4.69. The first-order valence-electron chi connectivity index (χ1n) is 5.35. The third-order valence-electron chi connectivity index (χ3n) is 2.72. The number of aliphatic hydroxyl groups is 2. The molecule has 0 radical (unpaired) electrons. The van der Waals surface area contributed by atoms with E-state index in [9.17, 15) is 14.7 Å². The molecule has 1 aliphatic rings. The van der Waals surface area contributed by atoms with Gasteiger partial charge in [0.25, 0.3) is 0 Å². The lowest BCUT2D eigenvalue weighted by Gasteiger charge is -2.17. The van der Waals surface area contributed by atoms with Crippen LogP contribution in [0.2, 0.25) is 0 Å². The highest BCUT2D eigenvalue weighted by atomic mass is 16.3. The second kappa shape index (κ2) is 5.10. The largest absolute Gasteiger partial charge is 0.507 e. The van der Waals surface area contributed by atoms with Crippen molar-refractivity contribution >= 4 is 11.6 Å². The van der Waals surface area contributed by atoms with E-state index in [0.717, 1.165) is 5.57 Å². The molecule has 0 atom stereocenters. The fourth-order valence-corrected chi connectivity index (χ4v) is 1.61. The molecule has 0 aromatic carbocycles. The first-order chi connectivity index (χ1) is 7.90. The van der Waals surface area contributed by atoms with Crippen molar-refractivity contribution < 1.29 is 19.8 Å². The first kappa shape index (κ1) is 13.4. The normalized spacial score (nSPS) is 16.7. The zero-order chi connectivity index (χ0) is 13.2. The summed E-state index contributed by atoms with van der Waals surface area (Å²) in [5.41, 5.74) is 1.51. The van der Waals surface area contributed by atoms with Crippen LogP contribution >= 0.6 is 0 Å². The number of Topliss-reactive ketones (excluding diaryl/α,β-unsaturated/α-hetero) is 2. The van der Waals surface area contributed by atoms with E-state index in [2.05, 4.69) is 0 Å². The average Bonchev–Trinajstić information content (AvgIpc) is 2.26. The predicted octanol–water partition coefficient (Wildman–Crippen LogP) is 1.62. The standard InChI is InChI=1S/C13H16O4/c1-7(2)4-5-9-8(3)11(15)13(17)10(6-14)12(9)16/h4,14,16H,5-6H2,1-3H3. The molecule has 1 aliphatic carbocycles. The van der Waals surface area contributed by atoms with Gasteiger partial charge in [-0.25, -0.2) is 0 Å². The van der Waals surface area contributed by atoms with Crippen molar-refractivity contribution in [2.75, 3.05) is 6.61 Å². The summed E-state index contributed by atoms with van der Waals surface area (Å²) in [7, 11) is 0. The summed E-state index contributed by atoms with van der Waals surface area (Å²) in [5.74, 6) is -1.72. The number of ketones is 2. The summed E-state index contributed by atoms with van der Waals surface area (Å²) in [5, 5.41) is 18.9. The van der Waals surface area contributed by atoms with E-state index < -0.39 is 18.2 Å². The molecule has 0 amide bonds. The second-order valence-corrected chi connectivity index (χ2v) is 4.23. The van der Waals surface area contributed by atoms with Crippen molar-refractivity contribution in [2.24, 2.45) is 0 Å². The van der Waals surface area contributed by atoms with Gasteiger partial charge < -0.3 is 10.2 Å². The van der Waals surface area contributed by atoms with E-state index in [1.54, 1.807) is 0 Å². The number of rotatable bonds is 3. The molecule has 0 aliphatic heterocycles. The van der Waals surface area contributed by atoms with Gasteiger partial charge in [0.05, 0.1) is 12.2 Å². The van der Waals surface area contributed by atoms with Crippen molar-refractivity contribution in [3.63, 3.8) is 0 Å². The van der Waals surface area contributed by atoms with Gasteiger partial charge in [-0.05, 0) is 27.2 Å². The third kappa shape index (κ3) is 2.53. The Balaban J connectivity index is 3.25. The molecular formula is C13H16O4. The van der Waals surface area contributed by atoms with Crippen LogP contribution in [0.15, 0.2) is 34.1 Å². The fourth-order valence-electron chi connectivity index (χ4n) is 1.61. The van der Waals surface area contributed by atoms with E-state index in [1.807, 2.05) is 19.9 Å². The molecule has 4 heteroatoms. The fraction of sp³-hybridized carbons (Fsp3) is 0.385. The van der Waals surface area contributed by atoms with Crippen LogP contribution in [0.25, 0.3) is 0 Å². The lowest BCUT2D eigenvalue weighted by molar-refractivity contribution is -0.132. The molecule has 1 rings (SSSR count). The predicted molar refractivity (Wildman–Crippen MR) is 63.5 cm³/mol. The molecule has 0 saturated heterocycles. The molecule has 17 heavy (non-hydrogen) atoms. The van der Waals surface area contributed by atoms with Crippen molar-refractivity contribution in [1.29, 1.82) is 0 Å². The van der Waals surface area contributed by atoms with Crippen molar-refractivity contribution in [1.82, 2.24) is 0 Å². The summed E-state index contributed by atoms with van der Waals surface area (Å²) in [6.07, 6.45) is 2.23. The maximum Gasteiger partial charge on any atom is 0.235 e. The molecule has 4 nitrogen and oxygen atoms in total. The number of carbonyl (C=O) groups excluding carboxylic acids is 2. The van der Waals surface area contributed by atoms with Crippen molar-refractivity contribution in [3.8, 4) is 0 Å². The molecule has 92 valence electrons. The van der Waals surface area contributed by atoms with Crippen LogP contribution in [-0.4, -0.2) is 28.4 Å². The van der Waals surface area contributed by atoms with Crippen LogP contribution in [0.1, 0.15) is 27.2 Å². The molecule has 0 aromatic heterocycles. The van der Waals surface area contributed by atoms with Crippen LogP contribution in [0.4, 0.5) is 0 Å². The molecule has 0 aromatic rings. The Morgan fingerprint density at radius 1 is 1.18 bits per heavy atom. The maximum atomic E-state index is 11.6. The van der Waals surface area contributed by atoms with E-state index in [1.165, 1.54) is 6.92 Å². The Bertz CT molecular complexity index is 460. The van der Waals surface area contributed by atoms with Gasteiger partial charge in [-0.1, -0.05) is 11.6 Å². The highest BCUT2D eigenvalue weighted by Crippen LogP contribution is 2.27. The summed E-state index contributed by atoms with van der Waals surface area (Å²) in [6, 6.07) is 0. The van der Waals surface area contributed by atoms with Crippen molar-refractivity contribution in [2.45, 2.75) is 27.2 Å². The Labute approximate surface area is 100.0 Å². The molecule has 0 bridgehead atoms. The van der Waals surface area contributed by atoms with Gasteiger partial charge in [0.15, 0.2) is 0 Å². The minimum atomic E-state index is -0.816. The molecule has 0 heterocycles. The van der Waals surface area contributed by atoms with Gasteiger partial charge in [-0.3, -0.25) is 9.59 Å². The first-order valence-corrected chi connectivity index (χ1v) is 5.35. The van der Waals surface area contributed by atoms with Crippen LogP contribution < -0.4 is 0 Å². The van der Waals surface area contributed by atoms with Gasteiger partial charge in [0.2, 0.25) is 11.6 Å². The van der Waals surface area contributed by atoms with Crippen LogP contribution in [0.3, 0.4) is 0 Å². The number of hydrogen-bond donors (Lipinski definition) is 2. The Morgan fingerprint density at radius 3 is 2.24 bits per heavy atom. The van der Waals surface area contributed by atoms with Crippen LogP contribution in [0, 0.1) is 0 Å². The average molecular weight is 236 g/mol. The van der Waals surface area contributed by atoms with Gasteiger partial charge in [0.1, 0.15) is 5.76 Å². The lowest BCUT2D eigenvalue weighted by Crippen LogP contribution is -2.26. The molecule has 0 spiro atoms. The molecule has 0 fully saturated rings. The topological polar surface area (TPSA) is 74.6 Å². The highest BCUT2D eigenvalue weighted by Gasteiger charge is 2.31. The molecule has 0 unspecified atom stereocenters. The number of aliphatic hydroxyl groups excluding tert-OH is 2. The minimum Gasteiger partial charge on any atom is -0.507 e. The number of hydrogen-bond acceptors (Lipinski definition) is 4. The zero-order valence-electron chi connectivity index (χ0n) is 10.2.